The molecule has 0 spiro atoms. The van der Waals surface area contributed by atoms with Crippen LogP contribution in [-0.4, -0.2) is 38.4 Å². The summed E-state index contributed by atoms with van der Waals surface area (Å²) in [7, 11) is 2.99. The summed E-state index contributed by atoms with van der Waals surface area (Å²) in [5.41, 5.74) is 4.03. The van der Waals surface area contributed by atoms with Crippen LogP contribution in [0.3, 0.4) is 0 Å². The second-order valence-electron chi connectivity index (χ2n) is 8.00. The molecular formula is C25H27NO6. The summed E-state index contributed by atoms with van der Waals surface area (Å²) in [6, 6.07) is 10.0. The number of nitrogens with zero attached hydrogens (tertiary/aromatic N) is 1. The molecule has 1 aliphatic rings. The van der Waals surface area contributed by atoms with Crippen molar-refractivity contribution in [3.63, 3.8) is 0 Å². The lowest BCUT2D eigenvalue weighted by atomic mass is 9.97. The Labute approximate surface area is 186 Å². The van der Waals surface area contributed by atoms with Gasteiger partial charge in [0.1, 0.15) is 23.8 Å². The van der Waals surface area contributed by atoms with E-state index in [0.29, 0.717) is 24.4 Å². The number of para-hydroxylation sites is 1. The first-order valence-electron chi connectivity index (χ1n) is 10.6. The van der Waals surface area contributed by atoms with Gasteiger partial charge in [-0.25, -0.2) is 4.79 Å². The fourth-order valence-corrected chi connectivity index (χ4v) is 4.25. The number of rotatable bonds is 6. The zero-order valence-corrected chi connectivity index (χ0v) is 18.8. The van der Waals surface area contributed by atoms with Crippen LogP contribution < -0.4 is 15.1 Å². The van der Waals surface area contributed by atoms with E-state index in [-0.39, 0.29) is 6.42 Å². The molecule has 0 aliphatic carbocycles. The first-order chi connectivity index (χ1) is 15.4. The van der Waals surface area contributed by atoms with E-state index in [1.165, 1.54) is 7.11 Å². The van der Waals surface area contributed by atoms with E-state index in [0.717, 1.165) is 52.1 Å². The molecule has 32 heavy (non-hydrogen) atoms. The molecule has 3 aromatic rings. The molecule has 0 fully saturated rings. The minimum Gasteiger partial charge on any atom is -0.496 e. The summed E-state index contributed by atoms with van der Waals surface area (Å²) in [4.78, 5) is 26.5. The predicted octanol–water partition coefficient (Wildman–Crippen LogP) is 3.53. The second-order valence-corrected chi connectivity index (χ2v) is 8.00. The lowest BCUT2D eigenvalue weighted by Gasteiger charge is -2.30. The van der Waals surface area contributed by atoms with E-state index >= 15 is 0 Å². The smallest absolute Gasteiger partial charge is 0.340 e. The van der Waals surface area contributed by atoms with Crippen LogP contribution in [0.15, 0.2) is 39.5 Å². The van der Waals surface area contributed by atoms with E-state index in [9.17, 15) is 9.59 Å². The number of hydrogen-bond acceptors (Lipinski definition) is 7. The summed E-state index contributed by atoms with van der Waals surface area (Å²) in [6.45, 7) is 5.72. The molecule has 7 nitrogen and oxygen atoms in total. The third-order valence-corrected chi connectivity index (χ3v) is 6.06. The summed E-state index contributed by atoms with van der Waals surface area (Å²) >= 11 is 0. The lowest BCUT2D eigenvalue weighted by molar-refractivity contribution is -0.139. The maximum atomic E-state index is 12.5. The van der Waals surface area contributed by atoms with Crippen LogP contribution in [0.4, 0.5) is 0 Å². The summed E-state index contributed by atoms with van der Waals surface area (Å²) in [6.07, 6.45) is 0.727. The SMILES string of the molecule is COC(=O)Cc1c(C)c2cc3c(c(C)c2oc1=O)OCN(CCc1ccccc1OC)C3. The molecule has 0 amide bonds. The normalized spacial score (nSPS) is 13.5. The number of carbonyl (C=O) groups is 1. The minimum absolute atomic E-state index is 0.113. The Morgan fingerprint density at radius 2 is 1.94 bits per heavy atom. The molecule has 2 heterocycles. The average Bonchev–Trinajstić information content (AvgIpc) is 2.81. The van der Waals surface area contributed by atoms with Crippen molar-refractivity contribution in [2.24, 2.45) is 0 Å². The highest BCUT2D eigenvalue weighted by molar-refractivity contribution is 5.88. The number of carbonyl (C=O) groups excluding carboxylic acids is 1. The van der Waals surface area contributed by atoms with Crippen LogP contribution in [0.5, 0.6) is 11.5 Å². The molecule has 0 radical (unpaired) electrons. The van der Waals surface area contributed by atoms with E-state index in [2.05, 4.69) is 11.0 Å². The topological polar surface area (TPSA) is 78.2 Å². The molecular weight excluding hydrogens is 410 g/mol. The third-order valence-electron chi connectivity index (χ3n) is 6.06. The van der Waals surface area contributed by atoms with Gasteiger partial charge in [-0.3, -0.25) is 9.69 Å². The van der Waals surface area contributed by atoms with E-state index in [1.807, 2.05) is 38.1 Å². The quantitative estimate of drug-likeness (QED) is 0.431. The molecule has 0 N–H and O–H groups in total. The van der Waals surface area contributed by atoms with E-state index < -0.39 is 11.6 Å². The van der Waals surface area contributed by atoms with Gasteiger partial charge in [0.05, 0.1) is 26.2 Å². The van der Waals surface area contributed by atoms with Gasteiger partial charge in [0, 0.05) is 29.6 Å². The molecule has 2 aromatic carbocycles. The Bertz CT molecular complexity index is 1230. The number of benzene rings is 2. The van der Waals surface area contributed by atoms with E-state index in [4.69, 9.17) is 18.6 Å². The Kier molecular flexibility index (Phi) is 6.19. The molecule has 4 rings (SSSR count). The van der Waals surface area contributed by atoms with Crippen molar-refractivity contribution in [2.75, 3.05) is 27.5 Å². The molecule has 0 atom stereocenters. The van der Waals surface area contributed by atoms with Gasteiger partial charge in [0.2, 0.25) is 0 Å². The summed E-state index contributed by atoms with van der Waals surface area (Å²) in [5.74, 6) is 1.17. The maximum absolute atomic E-state index is 12.5. The first kappa shape index (κ1) is 21.9. The molecule has 168 valence electrons. The highest BCUT2D eigenvalue weighted by Gasteiger charge is 2.24. The average molecular weight is 437 g/mol. The zero-order chi connectivity index (χ0) is 22.8. The molecule has 0 saturated heterocycles. The van der Waals surface area contributed by atoms with Crippen LogP contribution in [-0.2, 0) is 28.9 Å². The zero-order valence-electron chi connectivity index (χ0n) is 18.8. The van der Waals surface area contributed by atoms with Crippen molar-refractivity contribution in [2.45, 2.75) is 33.2 Å². The van der Waals surface area contributed by atoms with Crippen molar-refractivity contribution in [3.05, 3.63) is 68.6 Å². The van der Waals surface area contributed by atoms with Gasteiger partial charge in [-0.05, 0) is 43.5 Å². The Morgan fingerprint density at radius 1 is 1.16 bits per heavy atom. The lowest BCUT2D eigenvalue weighted by Crippen LogP contribution is -2.34. The van der Waals surface area contributed by atoms with Gasteiger partial charge in [-0.1, -0.05) is 18.2 Å². The first-order valence-corrected chi connectivity index (χ1v) is 10.6. The van der Waals surface area contributed by atoms with Gasteiger partial charge >= 0.3 is 11.6 Å². The third kappa shape index (κ3) is 4.08. The molecule has 1 aromatic heterocycles. The van der Waals surface area contributed by atoms with Crippen LogP contribution in [0.2, 0.25) is 0 Å². The van der Waals surface area contributed by atoms with Gasteiger partial charge in [0.25, 0.3) is 0 Å². The Balaban J connectivity index is 1.63. The highest BCUT2D eigenvalue weighted by Crippen LogP contribution is 2.36. The number of ether oxygens (including phenoxy) is 3. The second kappa shape index (κ2) is 9.04. The molecule has 0 saturated carbocycles. The van der Waals surface area contributed by atoms with Crippen molar-refractivity contribution >= 4 is 16.9 Å². The fourth-order valence-electron chi connectivity index (χ4n) is 4.25. The Morgan fingerprint density at radius 3 is 2.69 bits per heavy atom. The Hall–Kier alpha value is -3.32. The molecule has 7 heteroatoms. The number of fused-ring (bicyclic) bond motifs is 2. The van der Waals surface area contributed by atoms with Crippen LogP contribution in [0.1, 0.15) is 27.8 Å². The van der Waals surface area contributed by atoms with E-state index in [1.54, 1.807) is 7.11 Å². The number of methoxy groups -OCH3 is 2. The predicted molar refractivity (Wildman–Crippen MR) is 120 cm³/mol. The highest BCUT2D eigenvalue weighted by atomic mass is 16.5. The van der Waals surface area contributed by atoms with Crippen LogP contribution in [0.25, 0.3) is 11.0 Å². The monoisotopic (exact) mass is 437 g/mol. The van der Waals surface area contributed by atoms with Crippen molar-refractivity contribution in [3.8, 4) is 11.5 Å². The van der Waals surface area contributed by atoms with Crippen molar-refractivity contribution in [1.82, 2.24) is 4.90 Å². The van der Waals surface area contributed by atoms with Gasteiger partial charge < -0.3 is 18.6 Å². The maximum Gasteiger partial charge on any atom is 0.340 e. The summed E-state index contributed by atoms with van der Waals surface area (Å²) < 4.78 is 21.9. The fraction of sp³-hybridized carbons (Fsp3) is 0.360. The summed E-state index contributed by atoms with van der Waals surface area (Å²) in [5, 5.41) is 0.815. The largest absolute Gasteiger partial charge is 0.496 e. The molecule has 0 bridgehead atoms. The van der Waals surface area contributed by atoms with Gasteiger partial charge in [-0.2, -0.15) is 0 Å². The molecule has 0 unspecified atom stereocenters. The number of esters is 1. The minimum atomic E-state index is -0.516. The molecule has 1 aliphatic heterocycles. The van der Waals surface area contributed by atoms with Crippen molar-refractivity contribution in [1.29, 1.82) is 0 Å². The number of aryl methyl sites for hydroxylation is 2. The van der Waals surface area contributed by atoms with Crippen molar-refractivity contribution < 1.29 is 23.4 Å². The van der Waals surface area contributed by atoms with Gasteiger partial charge in [-0.15, -0.1) is 0 Å². The number of hydrogen-bond donors (Lipinski definition) is 0. The van der Waals surface area contributed by atoms with Crippen LogP contribution in [0, 0.1) is 13.8 Å². The standard InChI is InChI=1S/C25H27NO6/c1-15-19-11-18-13-26(10-9-17-7-5-6-8-21(17)29-3)14-31-23(18)16(2)24(19)32-25(28)20(15)12-22(27)30-4/h5-8,11H,9-10,12-14H2,1-4H3. The van der Waals surface area contributed by atoms with Gasteiger partial charge in [0.15, 0.2) is 0 Å². The van der Waals surface area contributed by atoms with Crippen LogP contribution >= 0.6 is 0 Å².